The Morgan fingerprint density at radius 1 is 1.40 bits per heavy atom. The number of piperidine rings is 1. The lowest BCUT2D eigenvalue weighted by atomic mass is 9.83. The molecular formula is C19H20Cl2FN5O3. The molecule has 1 aromatic carbocycles. The first-order chi connectivity index (χ1) is 13.9. The van der Waals surface area contributed by atoms with E-state index in [0.29, 0.717) is 25.1 Å². The van der Waals surface area contributed by atoms with Crippen LogP contribution in [0, 0.1) is 5.82 Å². The van der Waals surface area contributed by atoms with E-state index in [9.17, 15) is 14.0 Å². The van der Waals surface area contributed by atoms with E-state index >= 15 is 0 Å². The molecule has 2 unspecified atom stereocenters. The lowest BCUT2D eigenvalue weighted by molar-refractivity contribution is -0.140. The Balaban J connectivity index is 0.00000256. The second kappa shape index (κ2) is 8.71. The van der Waals surface area contributed by atoms with E-state index in [1.165, 1.54) is 23.4 Å². The number of ether oxygens (including phenoxy) is 1. The maximum atomic E-state index is 14.9. The Morgan fingerprint density at radius 3 is 2.87 bits per heavy atom. The zero-order chi connectivity index (χ0) is 20.6. The first-order valence-electron chi connectivity index (χ1n) is 9.16. The molecule has 2 atom stereocenters. The molecule has 2 aromatic rings. The summed E-state index contributed by atoms with van der Waals surface area (Å²) in [6, 6.07) is 2.08. The van der Waals surface area contributed by atoms with Gasteiger partial charge >= 0.3 is 6.09 Å². The molecule has 0 saturated carbocycles. The van der Waals surface area contributed by atoms with Gasteiger partial charge in [-0.15, -0.1) is 12.4 Å². The number of aromatic nitrogens is 2. The molecule has 160 valence electrons. The maximum absolute atomic E-state index is 14.9. The number of hydrogen-bond donors (Lipinski definition) is 2. The van der Waals surface area contributed by atoms with Crippen molar-refractivity contribution >= 4 is 41.7 Å². The topological polar surface area (TPSA) is 110 Å². The van der Waals surface area contributed by atoms with Crippen LogP contribution in [-0.4, -0.2) is 46.0 Å². The van der Waals surface area contributed by atoms with E-state index in [0.717, 1.165) is 5.56 Å². The van der Waals surface area contributed by atoms with E-state index in [1.54, 1.807) is 12.4 Å². The van der Waals surface area contributed by atoms with Gasteiger partial charge in [-0.3, -0.25) is 10.1 Å². The lowest BCUT2D eigenvalue weighted by Gasteiger charge is -2.45. The van der Waals surface area contributed by atoms with Crippen LogP contribution >= 0.6 is 24.0 Å². The van der Waals surface area contributed by atoms with Crippen LogP contribution in [-0.2, 0) is 21.6 Å². The van der Waals surface area contributed by atoms with Gasteiger partial charge in [0.1, 0.15) is 6.33 Å². The Morgan fingerprint density at radius 2 is 2.13 bits per heavy atom. The highest BCUT2D eigenvalue weighted by Crippen LogP contribution is 2.45. The molecule has 1 saturated heterocycles. The number of anilines is 1. The molecule has 1 spiro atoms. The normalized spacial score (nSPS) is 21.2. The highest BCUT2D eigenvalue weighted by atomic mass is 35.5. The number of nitrogens with two attached hydrogens (primary N) is 1. The van der Waals surface area contributed by atoms with Crippen molar-refractivity contribution in [2.24, 2.45) is 5.73 Å². The Hall–Kier alpha value is -2.49. The molecule has 4 rings (SSSR count). The minimum Gasteiger partial charge on any atom is -0.436 e. The molecule has 2 aliphatic heterocycles. The van der Waals surface area contributed by atoms with E-state index in [-0.39, 0.29) is 41.9 Å². The van der Waals surface area contributed by atoms with E-state index in [2.05, 4.69) is 15.3 Å². The van der Waals surface area contributed by atoms with E-state index < -0.39 is 23.6 Å². The summed E-state index contributed by atoms with van der Waals surface area (Å²) in [7, 11) is 0. The van der Waals surface area contributed by atoms with Crippen LogP contribution in [0.4, 0.5) is 14.9 Å². The minimum atomic E-state index is -1.31. The molecule has 0 aliphatic carbocycles. The molecule has 1 fully saturated rings. The number of likely N-dealkylation sites (tertiary alicyclic amines) is 1. The van der Waals surface area contributed by atoms with Crippen molar-refractivity contribution in [3.63, 3.8) is 0 Å². The Kier molecular flexibility index (Phi) is 6.44. The average Bonchev–Trinajstić information content (AvgIpc) is 2.70. The van der Waals surface area contributed by atoms with Gasteiger partial charge in [0.2, 0.25) is 5.91 Å². The van der Waals surface area contributed by atoms with Gasteiger partial charge in [-0.1, -0.05) is 11.6 Å². The highest BCUT2D eigenvalue weighted by Gasteiger charge is 2.48. The van der Waals surface area contributed by atoms with Crippen LogP contribution in [0.3, 0.4) is 0 Å². The van der Waals surface area contributed by atoms with Gasteiger partial charge in [0.05, 0.1) is 28.9 Å². The summed E-state index contributed by atoms with van der Waals surface area (Å²) in [6.07, 6.45) is 5.05. The largest absolute Gasteiger partial charge is 0.436 e. The van der Waals surface area contributed by atoms with Crippen LogP contribution in [0.25, 0.3) is 0 Å². The molecule has 1 aromatic heterocycles. The van der Waals surface area contributed by atoms with Crippen LogP contribution < -0.4 is 11.1 Å². The quantitative estimate of drug-likeness (QED) is 0.735. The molecule has 3 heterocycles. The number of benzene rings is 1. The van der Waals surface area contributed by atoms with Crippen molar-refractivity contribution in [2.45, 2.75) is 30.9 Å². The number of carbonyl (C=O) groups excluding carboxylic acids is 2. The SMILES string of the molecule is Cl.NC(Cc1cncnc1)C(=O)N1CCCC2(C1)OC(=O)Nc1ccc(Cl)c(F)c12. The van der Waals surface area contributed by atoms with Gasteiger partial charge < -0.3 is 15.4 Å². The standard InChI is InChI=1S/C19H19ClFN5O3.ClH/c20-12-2-3-14-15(16(12)21)19(29-18(28)25-14)4-1-5-26(9-19)17(27)13(22)6-11-7-23-10-24-8-11;/h2-3,7-8,10,13H,1,4-6,9,22H2,(H,25,28);1H. The molecule has 8 nitrogen and oxygen atoms in total. The Bertz CT molecular complexity index is 965. The third-order valence-corrected chi connectivity index (χ3v) is 5.52. The van der Waals surface area contributed by atoms with Gasteiger partial charge in [0.15, 0.2) is 11.4 Å². The smallest absolute Gasteiger partial charge is 0.412 e. The predicted molar refractivity (Wildman–Crippen MR) is 110 cm³/mol. The summed E-state index contributed by atoms with van der Waals surface area (Å²) in [5.74, 6) is -0.976. The van der Waals surface area contributed by atoms with Crippen LogP contribution in [0.5, 0.6) is 0 Å². The highest BCUT2D eigenvalue weighted by molar-refractivity contribution is 6.31. The van der Waals surface area contributed by atoms with Gasteiger partial charge in [-0.05, 0) is 37.0 Å². The Labute approximate surface area is 183 Å². The summed E-state index contributed by atoms with van der Waals surface area (Å²) in [5, 5.41) is 2.42. The molecule has 0 bridgehead atoms. The molecule has 2 aliphatic rings. The van der Waals surface area contributed by atoms with Gasteiger partial charge in [0.25, 0.3) is 0 Å². The number of halogens is 3. The van der Waals surface area contributed by atoms with Gasteiger partial charge in [-0.25, -0.2) is 19.2 Å². The van der Waals surface area contributed by atoms with Crippen molar-refractivity contribution in [2.75, 3.05) is 18.4 Å². The molecular weight excluding hydrogens is 436 g/mol. The third kappa shape index (κ3) is 4.05. The van der Waals surface area contributed by atoms with Crippen molar-refractivity contribution in [1.82, 2.24) is 14.9 Å². The fraction of sp³-hybridized carbons (Fsp3) is 0.368. The number of rotatable bonds is 3. The van der Waals surface area contributed by atoms with Crippen molar-refractivity contribution in [1.29, 1.82) is 0 Å². The first-order valence-corrected chi connectivity index (χ1v) is 9.54. The predicted octanol–water partition coefficient (Wildman–Crippen LogP) is 2.64. The molecule has 3 N–H and O–H groups in total. The van der Waals surface area contributed by atoms with E-state index in [4.69, 9.17) is 22.1 Å². The summed E-state index contributed by atoms with van der Waals surface area (Å²) in [4.78, 5) is 34.4. The number of nitrogens with one attached hydrogen (secondary N) is 1. The zero-order valence-corrected chi connectivity index (χ0v) is 17.4. The number of fused-ring (bicyclic) bond motifs is 2. The van der Waals surface area contributed by atoms with Gasteiger partial charge in [0, 0.05) is 18.9 Å². The monoisotopic (exact) mass is 455 g/mol. The molecule has 11 heteroatoms. The van der Waals surface area contributed by atoms with Crippen LogP contribution in [0.15, 0.2) is 30.9 Å². The molecule has 0 radical (unpaired) electrons. The second-order valence-corrected chi connectivity index (χ2v) is 7.62. The first kappa shape index (κ1) is 22.2. The summed E-state index contributed by atoms with van der Waals surface area (Å²) in [6.45, 7) is 0.435. The second-order valence-electron chi connectivity index (χ2n) is 7.21. The number of hydrogen-bond acceptors (Lipinski definition) is 6. The molecule has 30 heavy (non-hydrogen) atoms. The van der Waals surface area contributed by atoms with Crippen molar-refractivity contribution in [3.8, 4) is 0 Å². The zero-order valence-electron chi connectivity index (χ0n) is 15.8. The number of carbonyl (C=O) groups is 2. The fourth-order valence-electron chi connectivity index (χ4n) is 3.97. The number of nitrogens with zero attached hydrogens (tertiary/aromatic N) is 3. The van der Waals surface area contributed by atoms with Crippen molar-refractivity contribution < 1.29 is 18.7 Å². The van der Waals surface area contributed by atoms with Crippen LogP contribution in [0.2, 0.25) is 5.02 Å². The maximum Gasteiger partial charge on any atom is 0.412 e. The minimum absolute atomic E-state index is 0. The number of amides is 2. The lowest BCUT2D eigenvalue weighted by Crippen LogP contribution is -2.56. The summed E-state index contributed by atoms with van der Waals surface area (Å²) in [5.41, 5.74) is 5.99. The van der Waals surface area contributed by atoms with E-state index in [1.807, 2.05) is 0 Å². The molecule has 2 amide bonds. The summed E-state index contributed by atoms with van der Waals surface area (Å²) < 4.78 is 20.5. The fourth-order valence-corrected chi connectivity index (χ4v) is 4.13. The third-order valence-electron chi connectivity index (χ3n) is 5.23. The van der Waals surface area contributed by atoms with Gasteiger partial charge in [-0.2, -0.15) is 0 Å². The van der Waals surface area contributed by atoms with Crippen LogP contribution in [0.1, 0.15) is 24.0 Å². The summed E-state index contributed by atoms with van der Waals surface area (Å²) >= 11 is 5.97. The van der Waals surface area contributed by atoms with Crippen molar-refractivity contribution in [3.05, 3.63) is 52.8 Å². The average molecular weight is 456 g/mol.